The van der Waals surface area contributed by atoms with Gasteiger partial charge in [0.1, 0.15) is 0 Å². The van der Waals surface area contributed by atoms with Crippen molar-refractivity contribution < 1.29 is 23.1 Å². The van der Waals surface area contributed by atoms with E-state index in [1.807, 2.05) is 6.08 Å². The van der Waals surface area contributed by atoms with Crippen LogP contribution in [0.4, 0.5) is 13.2 Å². The summed E-state index contributed by atoms with van der Waals surface area (Å²) in [5.41, 5.74) is 5.30. The minimum Gasteiger partial charge on any atom is -0.475 e. The number of hydrogen-bond donors (Lipinski definition) is 2. The fourth-order valence-corrected chi connectivity index (χ4v) is 0.828. The molecule has 0 fully saturated rings. The van der Waals surface area contributed by atoms with Crippen LogP contribution in [0.2, 0.25) is 0 Å². The number of rotatable bonds is 0. The Balaban J connectivity index is 0.000000241. The Morgan fingerprint density at radius 2 is 2.14 bits per heavy atom. The molecule has 3 N–H and O–H groups in total. The van der Waals surface area contributed by atoms with Crippen LogP contribution in [-0.4, -0.2) is 28.2 Å². The number of amidine groups is 1. The molecule has 14 heavy (non-hydrogen) atoms. The van der Waals surface area contributed by atoms with E-state index in [1.165, 1.54) is 0 Å². The summed E-state index contributed by atoms with van der Waals surface area (Å²) in [6, 6.07) is 0. The summed E-state index contributed by atoms with van der Waals surface area (Å²) in [6.45, 7) is 0. The Morgan fingerprint density at radius 3 is 2.29 bits per heavy atom. The molecule has 0 saturated carbocycles. The lowest BCUT2D eigenvalue weighted by atomic mass is 10.7. The van der Waals surface area contributed by atoms with Gasteiger partial charge in [0.05, 0.1) is 0 Å². The summed E-state index contributed by atoms with van der Waals surface area (Å²) in [7, 11) is 0. The van der Waals surface area contributed by atoms with Crippen LogP contribution in [0.15, 0.2) is 17.3 Å². The molecule has 0 aromatic heterocycles. The first kappa shape index (κ1) is 12.8. The van der Waals surface area contributed by atoms with Crippen LogP contribution < -0.4 is 5.73 Å². The average Bonchev–Trinajstić information content (AvgIpc) is 2.04. The highest BCUT2D eigenvalue weighted by Crippen LogP contribution is 2.13. The molecule has 0 bridgehead atoms. The lowest BCUT2D eigenvalue weighted by molar-refractivity contribution is -0.192. The molecule has 8 heteroatoms. The molecule has 1 heterocycles. The number of nitrogens with zero attached hydrogens (tertiary/aromatic N) is 1. The van der Waals surface area contributed by atoms with E-state index in [9.17, 15) is 13.2 Å². The summed E-state index contributed by atoms with van der Waals surface area (Å²) in [6.07, 6.45) is -1.38. The van der Waals surface area contributed by atoms with Crippen molar-refractivity contribution in [3.05, 3.63) is 12.3 Å². The van der Waals surface area contributed by atoms with Crippen LogP contribution in [0, 0.1) is 0 Å². The molecule has 0 saturated heterocycles. The van der Waals surface area contributed by atoms with Gasteiger partial charge in [-0.25, -0.2) is 9.79 Å². The summed E-state index contributed by atoms with van der Waals surface area (Å²) < 4.78 is 31.7. The van der Waals surface area contributed by atoms with Gasteiger partial charge in [-0.3, -0.25) is 0 Å². The maximum Gasteiger partial charge on any atom is 0.490 e. The maximum absolute atomic E-state index is 10.6. The van der Waals surface area contributed by atoms with Crippen molar-refractivity contribution in [2.24, 2.45) is 10.7 Å². The van der Waals surface area contributed by atoms with Gasteiger partial charge >= 0.3 is 12.1 Å². The van der Waals surface area contributed by atoms with Crippen LogP contribution in [-0.2, 0) is 4.79 Å². The van der Waals surface area contributed by atoms with Gasteiger partial charge in [-0.05, 0) is 0 Å². The van der Waals surface area contributed by atoms with Gasteiger partial charge in [0, 0.05) is 12.0 Å². The van der Waals surface area contributed by atoms with Crippen LogP contribution in [0.3, 0.4) is 0 Å². The van der Waals surface area contributed by atoms with E-state index in [0.717, 1.165) is 5.75 Å². The van der Waals surface area contributed by atoms with Crippen molar-refractivity contribution in [3.8, 4) is 0 Å². The second kappa shape index (κ2) is 5.53. The molecular weight excluding hydrogens is 221 g/mol. The predicted octanol–water partition coefficient (Wildman–Crippen LogP) is 1.19. The van der Waals surface area contributed by atoms with Crippen molar-refractivity contribution in [1.29, 1.82) is 0 Å². The highest BCUT2D eigenvalue weighted by molar-refractivity contribution is 8.13. The first-order chi connectivity index (χ1) is 6.34. The third-order valence-corrected chi connectivity index (χ3v) is 1.64. The molecule has 0 aliphatic carbocycles. The number of thioether (sulfide) groups is 1. The largest absolute Gasteiger partial charge is 0.490 e. The number of aliphatic imine (C=N–C) groups is 1. The molecule has 1 aliphatic rings. The zero-order valence-corrected chi connectivity index (χ0v) is 7.60. The third-order valence-electron chi connectivity index (χ3n) is 0.877. The molecule has 0 aromatic rings. The van der Waals surface area contributed by atoms with Crippen LogP contribution in [0.25, 0.3) is 0 Å². The van der Waals surface area contributed by atoms with Crippen LogP contribution in [0.1, 0.15) is 0 Å². The van der Waals surface area contributed by atoms with Crippen molar-refractivity contribution >= 4 is 22.9 Å². The van der Waals surface area contributed by atoms with Crippen molar-refractivity contribution in [2.75, 3.05) is 5.75 Å². The number of aliphatic carboxylic acids is 1. The average molecular weight is 228 g/mol. The molecule has 4 nitrogen and oxygen atoms in total. The molecule has 0 spiro atoms. The Morgan fingerprint density at radius 1 is 1.64 bits per heavy atom. The van der Waals surface area contributed by atoms with E-state index < -0.39 is 12.1 Å². The first-order valence-electron chi connectivity index (χ1n) is 3.25. The number of carbonyl (C=O) groups is 1. The van der Waals surface area contributed by atoms with E-state index in [2.05, 4.69) is 4.99 Å². The van der Waals surface area contributed by atoms with E-state index >= 15 is 0 Å². The van der Waals surface area contributed by atoms with Gasteiger partial charge in [0.2, 0.25) is 0 Å². The highest BCUT2D eigenvalue weighted by atomic mass is 32.2. The minimum absolute atomic E-state index is 0.669. The zero-order chi connectivity index (χ0) is 11.2. The van der Waals surface area contributed by atoms with Crippen molar-refractivity contribution in [2.45, 2.75) is 6.18 Å². The number of carboxylic acids is 1. The molecule has 0 unspecified atom stereocenters. The Bertz CT molecular complexity index is 262. The lowest BCUT2D eigenvalue weighted by Crippen LogP contribution is -2.21. The quantitative estimate of drug-likeness (QED) is 0.653. The Kier molecular flexibility index (Phi) is 5.06. The number of carboxylic acid groups (broad SMARTS) is 1. The van der Waals surface area contributed by atoms with Gasteiger partial charge in [-0.1, -0.05) is 17.8 Å². The standard InChI is InChI=1S/C4H6N2S.C2HF3O2/c5-4-6-2-1-3-7-4;3-2(4,5)1(6)7/h1-2H,3H2,(H2,5,6);(H,6,7). The van der Waals surface area contributed by atoms with Gasteiger partial charge in [-0.2, -0.15) is 13.2 Å². The van der Waals surface area contributed by atoms with E-state index in [1.54, 1.807) is 18.0 Å². The van der Waals surface area contributed by atoms with Crippen LogP contribution in [0.5, 0.6) is 0 Å². The van der Waals surface area contributed by atoms with E-state index in [0.29, 0.717) is 5.17 Å². The topological polar surface area (TPSA) is 75.7 Å². The lowest BCUT2D eigenvalue weighted by Gasteiger charge is -1.97. The second-order valence-corrected chi connectivity index (χ2v) is 3.01. The smallest absolute Gasteiger partial charge is 0.475 e. The molecule has 1 rings (SSSR count). The normalized spacial score (nSPS) is 15.2. The van der Waals surface area contributed by atoms with E-state index in [4.69, 9.17) is 15.6 Å². The molecule has 1 aliphatic heterocycles. The van der Waals surface area contributed by atoms with Crippen LogP contribution >= 0.6 is 11.8 Å². The number of halogens is 3. The number of alkyl halides is 3. The summed E-state index contributed by atoms with van der Waals surface area (Å²) in [5.74, 6) is -1.79. The van der Waals surface area contributed by atoms with Gasteiger partial charge in [-0.15, -0.1) is 0 Å². The Hall–Kier alpha value is -1.18. The number of hydrogen-bond acceptors (Lipinski definition) is 4. The van der Waals surface area contributed by atoms with Gasteiger partial charge in [0.15, 0.2) is 5.17 Å². The number of nitrogens with two attached hydrogens (primary N) is 1. The van der Waals surface area contributed by atoms with Gasteiger partial charge < -0.3 is 10.8 Å². The summed E-state index contributed by atoms with van der Waals surface area (Å²) in [5, 5.41) is 7.79. The van der Waals surface area contributed by atoms with Crippen molar-refractivity contribution in [3.63, 3.8) is 0 Å². The molecule has 0 radical (unpaired) electrons. The second-order valence-electron chi connectivity index (χ2n) is 1.97. The van der Waals surface area contributed by atoms with E-state index in [-0.39, 0.29) is 0 Å². The maximum atomic E-state index is 10.6. The SMILES string of the molecule is NC1=NC=CCS1.O=C(O)C(F)(F)F. The third kappa shape index (κ3) is 6.35. The molecule has 0 amide bonds. The fourth-order valence-electron chi connectivity index (χ4n) is 0.340. The minimum atomic E-state index is -5.08. The molecule has 0 aromatic carbocycles. The van der Waals surface area contributed by atoms with Gasteiger partial charge in [0.25, 0.3) is 0 Å². The first-order valence-corrected chi connectivity index (χ1v) is 4.24. The molecule has 0 atom stereocenters. The Labute approximate surface area is 81.7 Å². The van der Waals surface area contributed by atoms with Crippen molar-refractivity contribution in [1.82, 2.24) is 0 Å². The summed E-state index contributed by atoms with van der Waals surface area (Å²) >= 11 is 1.56. The zero-order valence-electron chi connectivity index (χ0n) is 6.78. The summed E-state index contributed by atoms with van der Waals surface area (Å²) in [4.78, 5) is 12.7. The fraction of sp³-hybridized carbons (Fsp3) is 0.333. The monoisotopic (exact) mass is 228 g/mol. The highest BCUT2D eigenvalue weighted by Gasteiger charge is 2.38. The molecule has 80 valence electrons. The predicted molar refractivity (Wildman–Crippen MR) is 46.9 cm³/mol. The molecular formula is C6H7F3N2O2S.